The average molecular weight is 221 g/mol. The second-order valence-electron chi connectivity index (χ2n) is 3.06. The van der Waals surface area contributed by atoms with Crippen LogP contribution < -0.4 is 0 Å². The zero-order chi connectivity index (χ0) is 11.5. The van der Waals surface area contributed by atoms with E-state index >= 15 is 0 Å². The van der Waals surface area contributed by atoms with E-state index in [0.29, 0.717) is 5.69 Å². The number of esters is 1. The van der Waals surface area contributed by atoms with Gasteiger partial charge in [0.1, 0.15) is 18.5 Å². The van der Waals surface area contributed by atoms with Gasteiger partial charge in [0.15, 0.2) is 0 Å². The van der Waals surface area contributed by atoms with E-state index in [-0.39, 0.29) is 5.56 Å². The summed E-state index contributed by atoms with van der Waals surface area (Å²) in [5, 5.41) is 7.19. The molecule has 1 aromatic heterocycles. The molecule has 0 aliphatic carbocycles. The number of benzene rings is 1. The number of aromatic nitrogens is 3. The van der Waals surface area contributed by atoms with Crippen LogP contribution in [-0.4, -0.2) is 27.8 Å². The van der Waals surface area contributed by atoms with Crippen molar-refractivity contribution in [2.24, 2.45) is 0 Å². The van der Waals surface area contributed by atoms with Crippen LogP contribution in [0.15, 0.2) is 30.9 Å². The van der Waals surface area contributed by atoms with Crippen molar-refractivity contribution in [1.82, 2.24) is 14.8 Å². The lowest BCUT2D eigenvalue weighted by Crippen LogP contribution is -2.03. The molecule has 0 aliphatic rings. The zero-order valence-electron chi connectivity index (χ0n) is 8.42. The SMILES string of the molecule is COC(=O)c1cc(F)cc(-n2cnnc2)c1. The molecule has 6 heteroatoms. The van der Waals surface area contributed by atoms with Crippen LogP contribution in [0.3, 0.4) is 0 Å². The monoisotopic (exact) mass is 221 g/mol. The summed E-state index contributed by atoms with van der Waals surface area (Å²) in [4.78, 5) is 11.3. The third kappa shape index (κ3) is 1.90. The first-order valence-electron chi connectivity index (χ1n) is 4.44. The summed E-state index contributed by atoms with van der Waals surface area (Å²) in [5.41, 5.74) is 0.608. The van der Waals surface area contributed by atoms with Gasteiger partial charge in [-0.1, -0.05) is 0 Å². The summed E-state index contributed by atoms with van der Waals surface area (Å²) < 4.78 is 19.3. The Hall–Kier alpha value is -2.24. The zero-order valence-corrected chi connectivity index (χ0v) is 8.42. The van der Waals surface area contributed by atoms with Crippen LogP contribution in [0.4, 0.5) is 4.39 Å². The minimum Gasteiger partial charge on any atom is -0.465 e. The average Bonchev–Trinajstić information content (AvgIpc) is 2.80. The predicted octanol–water partition coefficient (Wildman–Crippen LogP) is 1.19. The Kier molecular flexibility index (Phi) is 2.63. The number of hydrogen-bond donors (Lipinski definition) is 0. The molecule has 1 heterocycles. The number of carbonyl (C=O) groups excluding carboxylic acids is 1. The lowest BCUT2D eigenvalue weighted by atomic mass is 10.2. The van der Waals surface area contributed by atoms with Crippen molar-refractivity contribution in [3.05, 3.63) is 42.2 Å². The third-order valence-electron chi connectivity index (χ3n) is 2.02. The van der Waals surface area contributed by atoms with Gasteiger partial charge in [-0.15, -0.1) is 10.2 Å². The Balaban J connectivity index is 2.48. The van der Waals surface area contributed by atoms with Crippen LogP contribution in [0.1, 0.15) is 10.4 Å². The standard InChI is InChI=1S/C10H8FN3O2/c1-16-10(15)7-2-8(11)4-9(3-7)14-5-12-13-6-14/h2-6H,1H3. The predicted molar refractivity (Wildman–Crippen MR) is 52.7 cm³/mol. The van der Waals surface area contributed by atoms with Gasteiger partial charge in [0, 0.05) is 0 Å². The molecule has 0 radical (unpaired) electrons. The van der Waals surface area contributed by atoms with Crippen LogP contribution in [0.5, 0.6) is 0 Å². The lowest BCUT2D eigenvalue weighted by molar-refractivity contribution is 0.0600. The minimum absolute atomic E-state index is 0.145. The maximum atomic E-state index is 13.3. The lowest BCUT2D eigenvalue weighted by Gasteiger charge is -2.04. The molecule has 0 fully saturated rings. The largest absolute Gasteiger partial charge is 0.465 e. The van der Waals surface area contributed by atoms with Gasteiger partial charge < -0.3 is 4.74 Å². The van der Waals surface area contributed by atoms with Crippen LogP contribution in [0.25, 0.3) is 5.69 Å². The summed E-state index contributed by atoms with van der Waals surface area (Å²) in [6, 6.07) is 3.88. The van der Waals surface area contributed by atoms with Gasteiger partial charge in [-0.25, -0.2) is 9.18 Å². The summed E-state index contributed by atoms with van der Waals surface area (Å²) in [7, 11) is 1.24. The number of ether oxygens (including phenoxy) is 1. The van der Waals surface area contributed by atoms with Gasteiger partial charge in [-0.05, 0) is 18.2 Å². The first-order chi connectivity index (χ1) is 7.70. The molecule has 82 valence electrons. The summed E-state index contributed by atoms with van der Waals surface area (Å²) in [6.45, 7) is 0. The number of carbonyl (C=O) groups is 1. The van der Waals surface area contributed by atoms with E-state index in [1.165, 1.54) is 36.5 Å². The molecule has 0 N–H and O–H groups in total. The van der Waals surface area contributed by atoms with Gasteiger partial charge in [-0.3, -0.25) is 4.57 Å². The van der Waals surface area contributed by atoms with E-state index in [0.717, 1.165) is 6.07 Å². The van der Waals surface area contributed by atoms with Crippen LogP contribution in [0.2, 0.25) is 0 Å². The van der Waals surface area contributed by atoms with Crippen molar-refractivity contribution < 1.29 is 13.9 Å². The first kappa shape index (κ1) is 10.3. The van der Waals surface area contributed by atoms with Gasteiger partial charge in [0.25, 0.3) is 0 Å². The molecular weight excluding hydrogens is 213 g/mol. The number of halogens is 1. The normalized spacial score (nSPS) is 10.1. The van der Waals surface area contributed by atoms with Gasteiger partial charge in [0.05, 0.1) is 18.4 Å². The van der Waals surface area contributed by atoms with E-state index in [2.05, 4.69) is 14.9 Å². The second-order valence-corrected chi connectivity index (χ2v) is 3.06. The fourth-order valence-corrected chi connectivity index (χ4v) is 1.29. The van der Waals surface area contributed by atoms with E-state index in [4.69, 9.17) is 0 Å². The van der Waals surface area contributed by atoms with Crippen molar-refractivity contribution in [1.29, 1.82) is 0 Å². The third-order valence-corrected chi connectivity index (χ3v) is 2.02. The van der Waals surface area contributed by atoms with Crippen LogP contribution >= 0.6 is 0 Å². The Morgan fingerprint density at radius 2 is 2.00 bits per heavy atom. The molecule has 5 nitrogen and oxygen atoms in total. The first-order valence-corrected chi connectivity index (χ1v) is 4.44. The van der Waals surface area contributed by atoms with Gasteiger partial charge >= 0.3 is 5.97 Å². The van der Waals surface area contributed by atoms with Crippen LogP contribution in [-0.2, 0) is 4.74 Å². The fourth-order valence-electron chi connectivity index (χ4n) is 1.29. The smallest absolute Gasteiger partial charge is 0.338 e. The summed E-state index contributed by atoms with van der Waals surface area (Å²) >= 11 is 0. The topological polar surface area (TPSA) is 57.0 Å². The molecule has 0 spiro atoms. The van der Waals surface area contributed by atoms with E-state index in [9.17, 15) is 9.18 Å². The molecule has 2 aromatic rings. The summed E-state index contributed by atoms with van der Waals surface area (Å²) in [6.07, 6.45) is 2.83. The molecule has 0 atom stereocenters. The Morgan fingerprint density at radius 1 is 1.31 bits per heavy atom. The van der Waals surface area contributed by atoms with Crippen molar-refractivity contribution in [2.45, 2.75) is 0 Å². The molecule has 16 heavy (non-hydrogen) atoms. The molecular formula is C10H8FN3O2. The highest BCUT2D eigenvalue weighted by Gasteiger charge is 2.09. The van der Waals surface area contributed by atoms with Gasteiger partial charge in [0.2, 0.25) is 0 Å². The fraction of sp³-hybridized carbons (Fsp3) is 0.100. The maximum Gasteiger partial charge on any atom is 0.338 e. The molecule has 0 saturated heterocycles. The molecule has 0 unspecified atom stereocenters. The molecule has 1 aromatic carbocycles. The summed E-state index contributed by atoms with van der Waals surface area (Å²) in [5.74, 6) is -1.11. The number of rotatable bonds is 2. The maximum absolute atomic E-state index is 13.3. The van der Waals surface area contributed by atoms with Crippen molar-refractivity contribution >= 4 is 5.97 Å². The van der Waals surface area contributed by atoms with Crippen molar-refractivity contribution in [3.63, 3.8) is 0 Å². The van der Waals surface area contributed by atoms with Gasteiger partial charge in [-0.2, -0.15) is 0 Å². The molecule has 2 rings (SSSR count). The van der Waals surface area contributed by atoms with E-state index < -0.39 is 11.8 Å². The highest BCUT2D eigenvalue weighted by molar-refractivity contribution is 5.89. The highest BCUT2D eigenvalue weighted by atomic mass is 19.1. The molecule has 0 aliphatic heterocycles. The number of hydrogen-bond acceptors (Lipinski definition) is 4. The number of nitrogens with zero attached hydrogens (tertiary/aromatic N) is 3. The molecule has 0 saturated carbocycles. The highest BCUT2D eigenvalue weighted by Crippen LogP contribution is 2.13. The Morgan fingerprint density at radius 3 is 2.62 bits per heavy atom. The van der Waals surface area contributed by atoms with E-state index in [1.54, 1.807) is 0 Å². The Labute approximate surface area is 90.5 Å². The molecule has 0 amide bonds. The van der Waals surface area contributed by atoms with Crippen molar-refractivity contribution in [2.75, 3.05) is 7.11 Å². The molecule has 0 bridgehead atoms. The Bertz CT molecular complexity index is 511. The number of methoxy groups -OCH3 is 1. The second kappa shape index (κ2) is 4.09. The van der Waals surface area contributed by atoms with E-state index in [1.807, 2.05) is 0 Å². The van der Waals surface area contributed by atoms with Crippen molar-refractivity contribution in [3.8, 4) is 5.69 Å². The van der Waals surface area contributed by atoms with Crippen LogP contribution in [0, 0.1) is 5.82 Å². The minimum atomic E-state index is -0.589. The quantitative estimate of drug-likeness (QED) is 0.715.